The third kappa shape index (κ3) is 3.92. The number of carbonyl (C=O) groups excluding carboxylic acids is 2. The minimum absolute atomic E-state index is 0.121. The van der Waals surface area contributed by atoms with Gasteiger partial charge in [-0.25, -0.2) is 4.39 Å². The first-order valence-electron chi connectivity index (χ1n) is 6.55. The summed E-state index contributed by atoms with van der Waals surface area (Å²) in [7, 11) is 0. The van der Waals surface area contributed by atoms with Crippen LogP contribution in [0.5, 0.6) is 0 Å². The number of hydrogen-bond acceptors (Lipinski definition) is 3. The van der Waals surface area contributed by atoms with Gasteiger partial charge in [-0.05, 0) is 12.8 Å². The quantitative estimate of drug-likeness (QED) is 0.848. The molecule has 2 heterocycles. The van der Waals surface area contributed by atoms with E-state index in [2.05, 4.69) is 10.3 Å². The summed E-state index contributed by atoms with van der Waals surface area (Å²) in [4.78, 5) is 27.3. The number of rotatable bonds is 2. The van der Waals surface area contributed by atoms with E-state index >= 15 is 0 Å². The second kappa shape index (κ2) is 6.29. The number of anilines is 1. The molecule has 9 heteroatoms. The topological polar surface area (TPSA) is 62.3 Å². The molecule has 2 amide bonds. The molecule has 0 unspecified atom stereocenters. The number of nitrogens with one attached hydrogen (secondary N) is 1. The molecule has 120 valence electrons. The molecule has 1 N–H and O–H groups in total. The molecule has 1 aliphatic rings. The van der Waals surface area contributed by atoms with Crippen molar-refractivity contribution in [2.24, 2.45) is 5.92 Å². The molecule has 0 spiro atoms. The first-order valence-corrected chi connectivity index (χ1v) is 6.55. The largest absolute Gasteiger partial charge is 0.471 e. The Morgan fingerprint density at radius 3 is 2.41 bits per heavy atom. The molecule has 1 saturated heterocycles. The van der Waals surface area contributed by atoms with Gasteiger partial charge >= 0.3 is 12.1 Å². The summed E-state index contributed by atoms with van der Waals surface area (Å²) in [6.45, 7) is -0.282. The van der Waals surface area contributed by atoms with E-state index in [-0.39, 0.29) is 31.6 Å². The lowest BCUT2D eigenvalue weighted by Crippen LogP contribution is -2.46. The zero-order valence-electron chi connectivity index (χ0n) is 11.4. The number of hydrogen-bond donors (Lipinski definition) is 1. The van der Waals surface area contributed by atoms with Crippen LogP contribution < -0.4 is 5.32 Å². The lowest BCUT2D eigenvalue weighted by molar-refractivity contribution is -0.186. The van der Waals surface area contributed by atoms with E-state index in [9.17, 15) is 27.2 Å². The van der Waals surface area contributed by atoms with E-state index in [1.165, 1.54) is 6.20 Å². The number of nitrogens with zero attached hydrogens (tertiary/aromatic N) is 2. The summed E-state index contributed by atoms with van der Waals surface area (Å²) in [6.07, 6.45) is -2.41. The maximum Gasteiger partial charge on any atom is 0.471 e. The van der Waals surface area contributed by atoms with Crippen molar-refractivity contribution >= 4 is 17.5 Å². The molecule has 2 rings (SSSR count). The maximum absolute atomic E-state index is 12.9. The number of carbonyl (C=O) groups is 2. The van der Waals surface area contributed by atoms with Crippen molar-refractivity contribution in [1.82, 2.24) is 9.88 Å². The summed E-state index contributed by atoms with van der Waals surface area (Å²) < 4.78 is 49.9. The fraction of sp³-hybridized carbons (Fsp3) is 0.462. The molecule has 0 atom stereocenters. The first-order chi connectivity index (χ1) is 10.3. The first kappa shape index (κ1) is 16.2. The molecule has 0 radical (unpaired) electrons. The van der Waals surface area contributed by atoms with Crippen molar-refractivity contribution in [2.45, 2.75) is 19.0 Å². The molecule has 0 aromatic carbocycles. The third-order valence-electron chi connectivity index (χ3n) is 3.37. The van der Waals surface area contributed by atoms with Crippen LogP contribution in [0.2, 0.25) is 0 Å². The maximum atomic E-state index is 12.9. The van der Waals surface area contributed by atoms with Gasteiger partial charge in [0.2, 0.25) is 5.91 Å². The number of pyridine rings is 1. The minimum Gasteiger partial charge on any atom is -0.335 e. The van der Waals surface area contributed by atoms with Crippen LogP contribution in [0.4, 0.5) is 23.2 Å². The van der Waals surface area contributed by atoms with Crippen LogP contribution >= 0.6 is 0 Å². The predicted octanol–water partition coefficient (Wildman–Crippen LogP) is 1.96. The number of piperidine rings is 1. The average Bonchev–Trinajstić information content (AvgIpc) is 2.45. The zero-order chi connectivity index (χ0) is 16.3. The molecule has 1 aromatic rings. The van der Waals surface area contributed by atoms with E-state index in [0.717, 1.165) is 12.3 Å². The highest BCUT2D eigenvalue weighted by molar-refractivity contribution is 5.92. The van der Waals surface area contributed by atoms with Crippen molar-refractivity contribution < 1.29 is 27.2 Å². The fourth-order valence-corrected chi connectivity index (χ4v) is 2.25. The van der Waals surface area contributed by atoms with Crippen molar-refractivity contribution in [3.63, 3.8) is 0 Å². The van der Waals surface area contributed by atoms with Gasteiger partial charge in [-0.1, -0.05) is 0 Å². The Hall–Kier alpha value is -2.19. The number of amides is 2. The van der Waals surface area contributed by atoms with E-state index in [4.69, 9.17) is 0 Å². The van der Waals surface area contributed by atoms with Gasteiger partial charge in [-0.3, -0.25) is 14.6 Å². The van der Waals surface area contributed by atoms with Gasteiger partial charge in [0.15, 0.2) is 0 Å². The van der Waals surface area contributed by atoms with E-state index in [1.807, 2.05) is 0 Å². The van der Waals surface area contributed by atoms with E-state index < -0.39 is 29.7 Å². The highest BCUT2D eigenvalue weighted by Crippen LogP contribution is 2.24. The van der Waals surface area contributed by atoms with Gasteiger partial charge in [0.1, 0.15) is 5.82 Å². The highest BCUT2D eigenvalue weighted by atomic mass is 19.4. The lowest BCUT2D eigenvalue weighted by Gasteiger charge is -2.31. The number of alkyl halides is 3. The average molecular weight is 319 g/mol. The van der Waals surface area contributed by atoms with E-state index in [0.29, 0.717) is 4.90 Å². The van der Waals surface area contributed by atoms with Crippen LogP contribution in [0.15, 0.2) is 18.5 Å². The van der Waals surface area contributed by atoms with E-state index in [1.54, 1.807) is 0 Å². The molecular weight excluding hydrogens is 306 g/mol. The van der Waals surface area contributed by atoms with Crippen LogP contribution in [0.3, 0.4) is 0 Å². The standard InChI is InChI=1S/C13H13F4N3O2/c14-9-5-10(7-18-6-9)19-11(21)8-1-3-20(4-2-8)12(22)13(15,16)17/h5-8H,1-4H2,(H,19,21). The van der Waals surface area contributed by atoms with Gasteiger partial charge in [-0.15, -0.1) is 0 Å². The van der Waals surface area contributed by atoms with Crippen LogP contribution in [-0.2, 0) is 9.59 Å². The Morgan fingerprint density at radius 1 is 1.23 bits per heavy atom. The summed E-state index contributed by atoms with van der Waals surface area (Å²) >= 11 is 0. The molecule has 1 aromatic heterocycles. The van der Waals surface area contributed by atoms with Gasteiger partial charge in [0.05, 0.1) is 18.1 Å². The summed E-state index contributed by atoms with van der Waals surface area (Å²) in [5, 5.41) is 2.46. The molecule has 0 bridgehead atoms. The molecule has 0 saturated carbocycles. The number of halogens is 4. The highest BCUT2D eigenvalue weighted by Gasteiger charge is 2.43. The Balaban J connectivity index is 1.89. The summed E-state index contributed by atoms with van der Waals surface area (Å²) in [6, 6.07) is 1.09. The second-order valence-electron chi connectivity index (χ2n) is 4.95. The monoisotopic (exact) mass is 319 g/mol. The SMILES string of the molecule is O=C(Nc1cncc(F)c1)C1CCN(C(=O)C(F)(F)F)CC1. The molecule has 0 aliphatic carbocycles. The van der Waals surface area contributed by atoms with Crippen LogP contribution in [0.1, 0.15) is 12.8 Å². The Morgan fingerprint density at radius 2 is 1.86 bits per heavy atom. The van der Waals surface area contributed by atoms with Gasteiger partial charge < -0.3 is 10.2 Å². The zero-order valence-corrected chi connectivity index (χ0v) is 11.4. The van der Waals surface area contributed by atoms with Gasteiger partial charge in [0.25, 0.3) is 0 Å². The Kier molecular flexibility index (Phi) is 4.62. The predicted molar refractivity (Wildman–Crippen MR) is 68.2 cm³/mol. The van der Waals surface area contributed by atoms with Crippen molar-refractivity contribution in [2.75, 3.05) is 18.4 Å². The van der Waals surface area contributed by atoms with Gasteiger partial charge in [-0.2, -0.15) is 13.2 Å². The Labute approximate surface area is 123 Å². The summed E-state index contributed by atoms with van der Waals surface area (Å²) in [5.41, 5.74) is 0.179. The Bertz CT molecular complexity index is 569. The lowest BCUT2D eigenvalue weighted by atomic mass is 9.95. The molecule has 1 fully saturated rings. The number of likely N-dealkylation sites (tertiary alicyclic amines) is 1. The molecular formula is C13H13F4N3O2. The van der Waals surface area contributed by atoms with Crippen LogP contribution in [0, 0.1) is 11.7 Å². The molecule has 22 heavy (non-hydrogen) atoms. The second-order valence-corrected chi connectivity index (χ2v) is 4.95. The van der Waals surface area contributed by atoms with Gasteiger partial charge in [0, 0.05) is 25.1 Å². The van der Waals surface area contributed by atoms with Crippen molar-refractivity contribution in [3.8, 4) is 0 Å². The normalized spacial score (nSPS) is 16.5. The third-order valence-corrected chi connectivity index (χ3v) is 3.37. The van der Waals surface area contributed by atoms with Crippen molar-refractivity contribution in [3.05, 3.63) is 24.3 Å². The van der Waals surface area contributed by atoms with Crippen LogP contribution in [0.25, 0.3) is 0 Å². The summed E-state index contributed by atoms with van der Waals surface area (Å²) in [5.74, 6) is -3.45. The number of aromatic nitrogens is 1. The molecule has 5 nitrogen and oxygen atoms in total. The fourth-order valence-electron chi connectivity index (χ4n) is 2.25. The molecule has 1 aliphatic heterocycles. The van der Waals surface area contributed by atoms with Crippen LogP contribution in [-0.4, -0.2) is 41.0 Å². The smallest absolute Gasteiger partial charge is 0.335 e. The minimum atomic E-state index is -4.90. The van der Waals surface area contributed by atoms with Crippen molar-refractivity contribution in [1.29, 1.82) is 0 Å².